The first-order chi connectivity index (χ1) is 31.0. The Morgan fingerprint density at radius 1 is 0.159 bits per heavy atom. The van der Waals surface area contributed by atoms with E-state index in [0.29, 0.717) is 0 Å². The molecule has 10 aromatic carbocycles. The minimum absolute atomic E-state index is 1.20. The Bertz CT molecular complexity index is 3000. The largest absolute Gasteiger partial charge is 0.0622 e. The topological polar surface area (TPSA) is 0 Å². The van der Waals surface area contributed by atoms with Gasteiger partial charge in [0.2, 0.25) is 0 Å². The Kier molecular flexibility index (Phi) is 10.8. The van der Waals surface area contributed by atoms with Gasteiger partial charge in [0.25, 0.3) is 0 Å². The van der Waals surface area contributed by atoms with Gasteiger partial charge in [-0.15, -0.1) is 0 Å². The van der Waals surface area contributed by atoms with Crippen LogP contribution in [-0.2, 0) is 0 Å². The fourth-order valence-electron chi connectivity index (χ4n) is 9.28. The van der Waals surface area contributed by atoms with E-state index >= 15 is 0 Å². The van der Waals surface area contributed by atoms with E-state index in [2.05, 4.69) is 257 Å². The van der Waals surface area contributed by atoms with Crippen molar-refractivity contribution in [1.29, 1.82) is 0 Å². The number of hydrogen-bond acceptors (Lipinski definition) is 0. The molecule has 0 spiro atoms. The van der Waals surface area contributed by atoms with Crippen molar-refractivity contribution < 1.29 is 0 Å². The molecule has 0 nitrogen and oxygen atoms in total. The van der Waals surface area contributed by atoms with Crippen LogP contribution in [0.25, 0.3) is 100 Å². The lowest BCUT2D eigenvalue weighted by atomic mass is 9.85. The van der Waals surface area contributed by atoms with E-state index in [0.717, 1.165) is 0 Å². The summed E-state index contributed by atoms with van der Waals surface area (Å²) in [5, 5.41) is 0. The van der Waals surface area contributed by atoms with Crippen molar-refractivity contribution in [2.45, 2.75) is 20.8 Å². The molecule has 0 atom stereocenters. The first kappa shape index (κ1) is 39.3. The maximum absolute atomic E-state index is 2.40. The first-order valence-electron chi connectivity index (χ1n) is 21.9. The Labute approximate surface area is 372 Å². The fourth-order valence-corrected chi connectivity index (χ4v) is 9.28. The molecule has 10 rings (SSSR count). The van der Waals surface area contributed by atoms with E-state index in [9.17, 15) is 0 Å². The molecular formula is C63H48. The molecule has 0 aliphatic rings. The summed E-state index contributed by atoms with van der Waals surface area (Å²) in [6, 6.07) is 86.4. The van der Waals surface area contributed by atoms with E-state index in [1.165, 1.54) is 117 Å². The van der Waals surface area contributed by atoms with Gasteiger partial charge in [0.1, 0.15) is 0 Å². The van der Waals surface area contributed by atoms with Gasteiger partial charge in [-0.3, -0.25) is 0 Å². The second kappa shape index (κ2) is 17.3. The minimum Gasteiger partial charge on any atom is -0.0622 e. The third-order valence-corrected chi connectivity index (χ3v) is 12.7. The monoisotopic (exact) mass is 804 g/mol. The van der Waals surface area contributed by atoms with Gasteiger partial charge >= 0.3 is 0 Å². The molecule has 0 heterocycles. The van der Waals surface area contributed by atoms with Gasteiger partial charge in [0.05, 0.1) is 0 Å². The van der Waals surface area contributed by atoms with E-state index in [-0.39, 0.29) is 0 Å². The molecule has 10 aromatic rings. The first-order valence-corrected chi connectivity index (χ1v) is 21.9. The van der Waals surface area contributed by atoms with Crippen molar-refractivity contribution in [1.82, 2.24) is 0 Å². The average Bonchev–Trinajstić information content (AvgIpc) is 3.35. The standard InChI is InChI=1S/C63H48/c1-43-58(49-27-15-7-16-28-49)37-55(46-21-9-4-10-22-46)39-60(43)51-31-19-33-53(35-51)62-41-57(48-25-13-6-14-26-48)42-63(45(62)3)54-34-20-32-52(36-54)61-40-56(47-23-11-5-12-24-47)38-59(44(61)2)50-29-17-8-18-30-50/h4-42H,1-3H3. The smallest absolute Gasteiger partial charge is 0.0142 e. The third kappa shape index (κ3) is 7.96. The highest BCUT2D eigenvalue weighted by Crippen LogP contribution is 2.43. The summed E-state index contributed by atoms with van der Waals surface area (Å²) in [6.45, 7) is 6.83. The summed E-state index contributed by atoms with van der Waals surface area (Å²) in [5.74, 6) is 0. The Morgan fingerprint density at radius 2 is 0.349 bits per heavy atom. The van der Waals surface area contributed by atoms with E-state index < -0.39 is 0 Å². The van der Waals surface area contributed by atoms with Crippen molar-refractivity contribution in [3.63, 3.8) is 0 Å². The van der Waals surface area contributed by atoms with Crippen LogP contribution in [-0.4, -0.2) is 0 Å². The summed E-state index contributed by atoms with van der Waals surface area (Å²) in [4.78, 5) is 0. The highest BCUT2D eigenvalue weighted by atomic mass is 14.2. The van der Waals surface area contributed by atoms with Crippen molar-refractivity contribution in [3.8, 4) is 100 Å². The summed E-state index contributed by atoms with van der Waals surface area (Å²) < 4.78 is 0. The van der Waals surface area contributed by atoms with Crippen LogP contribution in [0.3, 0.4) is 0 Å². The molecule has 0 heteroatoms. The van der Waals surface area contributed by atoms with Crippen LogP contribution in [0.4, 0.5) is 0 Å². The van der Waals surface area contributed by atoms with Gasteiger partial charge in [-0.25, -0.2) is 0 Å². The number of rotatable bonds is 9. The maximum atomic E-state index is 2.40. The lowest BCUT2D eigenvalue weighted by molar-refractivity contribution is 1.42. The molecular weight excluding hydrogens is 757 g/mol. The molecule has 0 aromatic heterocycles. The Hall–Kier alpha value is -7.80. The zero-order chi connectivity index (χ0) is 42.7. The van der Waals surface area contributed by atoms with Crippen LogP contribution in [0.1, 0.15) is 16.7 Å². The molecule has 0 amide bonds. The molecule has 63 heavy (non-hydrogen) atoms. The summed E-state index contributed by atoms with van der Waals surface area (Å²) >= 11 is 0. The molecule has 0 aliphatic carbocycles. The Balaban J connectivity index is 1.13. The quantitative estimate of drug-likeness (QED) is 0.136. The maximum Gasteiger partial charge on any atom is -0.0142 e. The second-order valence-corrected chi connectivity index (χ2v) is 16.6. The summed E-state index contributed by atoms with van der Waals surface area (Å²) in [7, 11) is 0. The molecule has 0 fully saturated rings. The van der Waals surface area contributed by atoms with Gasteiger partial charge in [-0.05, 0) is 186 Å². The van der Waals surface area contributed by atoms with Crippen molar-refractivity contribution in [3.05, 3.63) is 253 Å². The zero-order valence-corrected chi connectivity index (χ0v) is 36.0. The molecule has 0 radical (unpaired) electrons. The molecule has 0 saturated carbocycles. The summed E-state index contributed by atoms with van der Waals surface area (Å²) in [5.41, 5.74) is 25.7. The molecule has 0 N–H and O–H groups in total. The van der Waals surface area contributed by atoms with Crippen LogP contribution < -0.4 is 0 Å². The van der Waals surface area contributed by atoms with Crippen LogP contribution >= 0.6 is 0 Å². The Morgan fingerprint density at radius 3 is 0.587 bits per heavy atom. The average molecular weight is 805 g/mol. The van der Waals surface area contributed by atoms with Gasteiger partial charge in [0, 0.05) is 0 Å². The van der Waals surface area contributed by atoms with Crippen LogP contribution in [0.2, 0.25) is 0 Å². The van der Waals surface area contributed by atoms with E-state index in [1.807, 2.05) is 0 Å². The van der Waals surface area contributed by atoms with E-state index in [1.54, 1.807) is 0 Å². The number of hydrogen-bond donors (Lipinski definition) is 0. The van der Waals surface area contributed by atoms with Crippen LogP contribution in [0.5, 0.6) is 0 Å². The highest BCUT2D eigenvalue weighted by Gasteiger charge is 2.18. The molecule has 0 saturated heterocycles. The lowest BCUT2D eigenvalue weighted by Gasteiger charge is -2.19. The molecule has 0 bridgehead atoms. The van der Waals surface area contributed by atoms with Gasteiger partial charge < -0.3 is 0 Å². The zero-order valence-electron chi connectivity index (χ0n) is 36.0. The van der Waals surface area contributed by atoms with E-state index in [4.69, 9.17) is 0 Å². The van der Waals surface area contributed by atoms with Crippen molar-refractivity contribution in [2.75, 3.05) is 0 Å². The number of benzene rings is 10. The summed E-state index contributed by atoms with van der Waals surface area (Å²) in [6.07, 6.45) is 0. The normalized spacial score (nSPS) is 11.1. The minimum atomic E-state index is 1.20. The van der Waals surface area contributed by atoms with Crippen molar-refractivity contribution in [2.24, 2.45) is 0 Å². The lowest BCUT2D eigenvalue weighted by Crippen LogP contribution is -1.95. The molecule has 300 valence electrons. The predicted octanol–water partition coefficient (Wildman–Crippen LogP) is 17.6. The third-order valence-electron chi connectivity index (χ3n) is 12.7. The molecule has 0 unspecified atom stereocenters. The van der Waals surface area contributed by atoms with Gasteiger partial charge in [0.15, 0.2) is 0 Å². The van der Waals surface area contributed by atoms with Gasteiger partial charge in [-0.1, -0.05) is 188 Å². The SMILES string of the molecule is Cc1c(-c2ccccc2)cc(-c2ccccc2)cc1-c1cccc(-c2cc(-c3ccccc3)cc(-c3cccc(-c4cc(-c5ccccc5)cc(-c5ccccc5)c4C)c3)c2C)c1. The van der Waals surface area contributed by atoms with Crippen molar-refractivity contribution >= 4 is 0 Å². The van der Waals surface area contributed by atoms with Gasteiger partial charge in [-0.2, -0.15) is 0 Å². The molecule has 0 aliphatic heterocycles. The highest BCUT2D eigenvalue weighted by molar-refractivity contribution is 5.91. The second-order valence-electron chi connectivity index (χ2n) is 16.6. The van der Waals surface area contributed by atoms with Crippen LogP contribution in [0, 0.1) is 20.8 Å². The predicted molar refractivity (Wildman–Crippen MR) is 270 cm³/mol. The van der Waals surface area contributed by atoms with Crippen LogP contribution in [0.15, 0.2) is 237 Å². The fraction of sp³-hybridized carbons (Fsp3) is 0.0476.